The maximum Gasteiger partial charge on any atom is 0.309 e. The van der Waals surface area contributed by atoms with Crippen LogP contribution in [0.15, 0.2) is 30.3 Å². The van der Waals surface area contributed by atoms with E-state index in [4.69, 9.17) is 17.3 Å². The Balaban J connectivity index is 1.66. The number of esters is 1. The molecule has 2 aliphatic rings. The predicted octanol–water partition coefficient (Wildman–Crippen LogP) is 1.72. The molecule has 1 unspecified atom stereocenters. The molecule has 2 aliphatic heterocycles. The average Bonchev–Trinajstić information content (AvgIpc) is 2.84. The quantitative estimate of drug-likeness (QED) is 0.627. The number of rotatable bonds is 4. The maximum absolute atomic E-state index is 12.3. The minimum Gasteiger partial charge on any atom is -0.461 e. The number of ether oxygens (including phenoxy) is 2. The first-order chi connectivity index (χ1) is 10.5. The smallest absolute Gasteiger partial charge is 0.309 e. The molecule has 2 radical (unpaired) electrons. The van der Waals surface area contributed by atoms with E-state index >= 15 is 0 Å². The van der Waals surface area contributed by atoms with Gasteiger partial charge in [-0.05, 0) is 19.5 Å². The number of hydrogen-bond acceptors (Lipinski definition) is 4. The van der Waals surface area contributed by atoms with Gasteiger partial charge < -0.3 is 9.47 Å². The lowest BCUT2D eigenvalue weighted by atomic mass is 9.81. The van der Waals surface area contributed by atoms with E-state index in [2.05, 4.69) is 18.7 Å². The lowest BCUT2D eigenvalue weighted by Crippen LogP contribution is -2.53. The highest BCUT2D eigenvalue weighted by molar-refractivity contribution is 6.12. The Hall–Kier alpha value is -1.33. The summed E-state index contributed by atoms with van der Waals surface area (Å²) in [4.78, 5) is 14.5. The molecule has 2 heterocycles. The molecular formula is C17H22BNO3. The Morgan fingerprint density at radius 3 is 2.68 bits per heavy atom. The van der Waals surface area contributed by atoms with Crippen molar-refractivity contribution >= 4 is 13.8 Å². The second-order valence-electron chi connectivity index (χ2n) is 6.48. The van der Waals surface area contributed by atoms with Gasteiger partial charge in [0.1, 0.15) is 14.5 Å². The fourth-order valence-electron chi connectivity index (χ4n) is 4.04. The number of likely N-dealkylation sites (tertiary alicyclic amines) is 1. The summed E-state index contributed by atoms with van der Waals surface area (Å²) in [6, 6.07) is 9.67. The molecule has 0 amide bonds. The van der Waals surface area contributed by atoms with Gasteiger partial charge in [-0.2, -0.15) is 0 Å². The van der Waals surface area contributed by atoms with Gasteiger partial charge in [-0.25, -0.2) is 0 Å². The van der Waals surface area contributed by atoms with Gasteiger partial charge >= 0.3 is 5.97 Å². The van der Waals surface area contributed by atoms with Gasteiger partial charge in [0.05, 0.1) is 12.0 Å². The summed E-state index contributed by atoms with van der Waals surface area (Å²) in [5, 5.41) is 0. The Morgan fingerprint density at radius 1 is 1.36 bits per heavy atom. The lowest BCUT2D eigenvalue weighted by molar-refractivity contribution is -0.158. The molecule has 2 fully saturated rings. The summed E-state index contributed by atoms with van der Waals surface area (Å²) in [5.41, 5.74) is 0.451. The Labute approximate surface area is 133 Å². The molecule has 5 heteroatoms. The topological polar surface area (TPSA) is 38.8 Å². The van der Waals surface area contributed by atoms with Crippen LogP contribution in [0.5, 0.6) is 0 Å². The van der Waals surface area contributed by atoms with Crippen LogP contribution in [-0.2, 0) is 20.9 Å². The highest BCUT2D eigenvalue weighted by Gasteiger charge is 2.63. The zero-order valence-electron chi connectivity index (χ0n) is 13.4. The van der Waals surface area contributed by atoms with Crippen LogP contribution < -0.4 is 0 Å². The van der Waals surface area contributed by atoms with E-state index in [9.17, 15) is 4.79 Å². The van der Waals surface area contributed by atoms with Crippen molar-refractivity contribution < 1.29 is 14.3 Å². The second-order valence-corrected chi connectivity index (χ2v) is 6.48. The number of fused-ring (bicyclic) bond motifs is 2. The van der Waals surface area contributed by atoms with Crippen molar-refractivity contribution in [3.8, 4) is 0 Å². The summed E-state index contributed by atoms with van der Waals surface area (Å²) in [7, 11) is 8.12. The minimum absolute atomic E-state index is 0.150. The van der Waals surface area contributed by atoms with Gasteiger partial charge in [-0.3, -0.25) is 9.69 Å². The van der Waals surface area contributed by atoms with Gasteiger partial charge in [0.25, 0.3) is 0 Å². The van der Waals surface area contributed by atoms with Crippen LogP contribution in [0.3, 0.4) is 0 Å². The van der Waals surface area contributed by atoms with Crippen LogP contribution >= 0.6 is 0 Å². The molecule has 2 bridgehead atoms. The first-order valence-corrected chi connectivity index (χ1v) is 7.80. The molecule has 0 aromatic heterocycles. The third kappa shape index (κ3) is 2.36. The van der Waals surface area contributed by atoms with Crippen molar-refractivity contribution in [1.29, 1.82) is 0 Å². The van der Waals surface area contributed by atoms with E-state index < -0.39 is 5.60 Å². The molecule has 0 N–H and O–H groups in total. The highest BCUT2D eigenvalue weighted by Crippen LogP contribution is 2.50. The molecule has 4 nitrogen and oxygen atoms in total. The van der Waals surface area contributed by atoms with E-state index in [0.29, 0.717) is 6.61 Å². The SMILES string of the molecule is [B][C@@H]1O[C@]2(CC(=O)OCc3ccccc3)C(C)[C@H]1N(C)[C@H]2C. The van der Waals surface area contributed by atoms with Crippen LogP contribution in [0.2, 0.25) is 0 Å². The fourth-order valence-corrected chi connectivity index (χ4v) is 4.04. The normalized spacial score (nSPS) is 37.4. The Bertz CT molecular complexity index is 552. The van der Waals surface area contributed by atoms with E-state index in [0.717, 1.165) is 5.56 Å². The summed E-state index contributed by atoms with van der Waals surface area (Å²) >= 11 is 0. The van der Waals surface area contributed by atoms with Crippen molar-refractivity contribution in [1.82, 2.24) is 4.90 Å². The summed E-state index contributed by atoms with van der Waals surface area (Å²) in [6.07, 6.45) is 0.247. The zero-order chi connectivity index (χ0) is 15.9. The van der Waals surface area contributed by atoms with E-state index in [-0.39, 0.29) is 36.4 Å². The summed E-state index contributed by atoms with van der Waals surface area (Å²) in [5.74, 6) is -0.0162. The number of carbonyl (C=O) groups is 1. The monoisotopic (exact) mass is 299 g/mol. The van der Waals surface area contributed by atoms with Crippen LogP contribution in [0.1, 0.15) is 25.8 Å². The van der Waals surface area contributed by atoms with Gasteiger partial charge in [-0.1, -0.05) is 37.3 Å². The molecule has 1 aromatic carbocycles. The zero-order valence-corrected chi connectivity index (χ0v) is 13.4. The van der Waals surface area contributed by atoms with Crippen molar-refractivity contribution in [3.63, 3.8) is 0 Å². The van der Waals surface area contributed by atoms with Gasteiger partial charge in [-0.15, -0.1) is 0 Å². The molecular weight excluding hydrogens is 277 g/mol. The third-order valence-corrected chi connectivity index (χ3v) is 5.43. The molecule has 5 atom stereocenters. The number of likely N-dealkylation sites (N-methyl/N-ethyl adjacent to an activating group) is 1. The van der Waals surface area contributed by atoms with Crippen molar-refractivity contribution in [2.75, 3.05) is 7.05 Å². The lowest BCUT2D eigenvalue weighted by Gasteiger charge is -2.40. The number of hydrogen-bond donors (Lipinski definition) is 0. The minimum atomic E-state index is -0.535. The van der Waals surface area contributed by atoms with Crippen LogP contribution in [0.25, 0.3) is 0 Å². The van der Waals surface area contributed by atoms with Gasteiger partial charge in [0.2, 0.25) is 0 Å². The molecule has 2 saturated heterocycles. The molecule has 3 rings (SSSR count). The van der Waals surface area contributed by atoms with E-state index in [1.165, 1.54) is 0 Å². The number of nitrogens with zero attached hydrogens (tertiary/aromatic N) is 1. The van der Waals surface area contributed by atoms with Crippen molar-refractivity contribution in [2.24, 2.45) is 5.92 Å². The molecule has 22 heavy (non-hydrogen) atoms. The average molecular weight is 299 g/mol. The van der Waals surface area contributed by atoms with Gasteiger partial charge in [0.15, 0.2) is 0 Å². The highest BCUT2D eigenvalue weighted by atomic mass is 16.5. The molecule has 0 saturated carbocycles. The molecule has 1 aromatic rings. The first kappa shape index (κ1) is 15.6. The van der Waals surface area contributed by atoms with Gasteiger partial charge in [0, 0.05) is 24.0 Å². The number of morpholine rings is 1. The number of carbonyl (C=O) groups excluding carboxylic acids is 1. The summed E-state index contributed by atoms with van der Waals surface area (Å²) < 4.78 is 11.4. The summed E-state index contributed by atoms with van der Waals surface area (Å²) in [6.45, 7) is 4.50. The molecule has 116 valence electrons. The van der Waals surface area contributed by atoms with E-state index in [1.807, 2.05) is 37.4 Å². The largest absolute Gasteiger partial charge is 0.461 e. The molecule has 0 spiro atoms. The van der Waals surface area contributed by atoms with Crippen molar-refractivity contribution in [2.45, 2.75) is 50.6 Å². The van der Waals surface area contributed by atoms with Crippen LogP contribution in [0, 0.1) is 5.92 Å². The van der Waals surface area contributed by atoms with Crippen molar-refractivity contribution in [3.05, 3.63) is 35.9 Å². The van der Waals surface area contributed by atoms with E-state index in [1.54, 1.807) is 0 Å². The fraction of sp³-hybridized carbons (Fsp3) is 0.588. The third-order valence-electron chi connectivity index (χ3n) is 5.43. The van der Waals surface area contributed by atoms with Crippen LogP contribution in [-0.4, -0.2) is 49.5 Å². The second kappa shape index (κ2) is 5.71. The van der Waals surface area contributed by atoms with Crippen LogP contribution in [0.4, 0.5) is 0 Å². The number of benzene rings is 1. The maximum atomic E-state index is 12.3. The predicted molar refractivity (Wildman–Crippen MR) is 84.4 cm³/mol. The Morgan fingerprint density at radius 2 is 2.05 bits per heavy atom. The Kier molecular flexibility index (Phi) is 4.04. The first-order valence-electron chi connectivity index (χ1n) is 7.80. The molecule has 0 aliphatic carbocycles. The standard InChI is InChI=1S/C17H22BNO3/c1-11-15-16(18)22-17(11,12(2)19(15)3)9-14(20)21-10-13-7-5-4-6-8-13/h4-8,11-12,15-16H,9-10H2,1-3H3/t11?,12-,15+,16+,17+/m0/s1.